The number of carbonyl (C=O) groups is 1. The Bertz CT molecular complexity index is 421. The number of hydrogen-bond donors (Lipinski definition) is 0. The second kappa shape index (κ2) is 6.70. The third-order valence-corrected chi connectivity index (χ3v) is 2.56. The molecule has 17 heavy (non-hydrogen) atoms. The number of hydrogen-bond acceptors (Lipinski definition) is 3. The van der Waals surface area contributed by atoms with Gasteiger partial charge in [-0.1, -0.05) is 20.3 Å². The molecule has 0 amide bonds. The van der Waals surface area contributed by atoms with Gasteiger partial charge in [0.2, 0.25) is 0 Å². The molecular formula is C14H17NO2. The smallest absolute Gasteiger partial charge is 0.150 e. The first-order valence-electron chi connectivity index (χ1n) is 5.83. The summed E-state index contributed by atoms with van der Waals surface area (Å²) < 4.78 is 5.60. The summed E-state index contributed by atoms with van der Waals surface area (Å²) in [6.07, 6.45) is 2.96. The van der Waals surface area contributed by atoms with Gasteiger partial charge in [-0.05, 0) is 30.5 Å². The zero-order valence-corrected chi connectivity index (χ0v) is 10.3. The monoisotopic (exact) mass is 231 g/mol. The summed E-state index contributed by atoms with van der Waals surface area (Å²) in [4.78, 5) is 10.6. The summed E-state index contributed by atoms with van der Waals surface area (Å²) in [7, 11) is 0. The van der Waals surface area contributed by atoms with Crippen molar-refractivity contribution in [1.29, 1.82) is 5.26 Å². The average Bonchev–Trinajstić information content (AvgIpc) is 2.36. The van der Waals surface area contributed by atoms with Gasteiger partial charge >= 0.3 is 0 Å². The van der Waals surface area contributed by atoms with Gasteiger partial charge in [0.05, 0.1) is 12.2 Å². The SMILES string of the molecule is CCCC(C)COc1ccc(C=O)cc1C#N. The highest BCUT2D eigenvalue weighted by molar-refractivity contribution is 5.76. The quantitative estimate of drug-likeness (QED) is 0.706. The molecule has 0 saturated heterocycles. The van der Waals surface area contributed by atoms with Crippen molar-refractivity contribution in [3.05, 3.63) is 29.3 Å². The molecule has 0 aliphatic heterocycles. The molecule has 1 aromatic rings. The van der Waals surface area contributed by atoms with Crippen molar-refractivity contribution in [3.8, 4) is 11.8 Å². The number of nitrogens with zero attached hydrogens (tertiary/aromatic N) is 1. The van der Waals surface area contributed by atoms with Crippen molar-refractivity contribution >= 4 is 6.29 Å². The van der Waals surface area contributed by atoms with E-state index in [4.69, 9.17) is 10.00 Å². The summed E-state index contributed by atoms with van der Waals surface area (Å²) >= 11 is 0. The van der Waals surface area contributed by atoms with Gasteiger partial charge < -0.3 is 4.74 Å². The van der Waals surface area contributed by atoms with Crippen LogP contribution in [0, 0.1) is 17.2 Å². The van der Waals surface area contributed by atoms with Crippen LogP contribution in [0.3, 0.4) is 0 Å². The van der Waals surface area contributed by atoms with Crippen LogP contribution in [0.1, 0.15) is 42.6 Å². The van der Waals surface area contributed by atoms with Crippen molar-refractivity contribution < 1.29 is 9.53 Å². The molecule has 0 fully saturated rings. The van der Waals surface area contributed by atoms with Crippen LogP contribution in [-0.2, 0) is 0 Å². The van der Waals surface area contributed by atoms with Gasteiger partial charge in [-0.15, -0.1) is 0 Å². The van der Waals surface area contributed by atoms with Gasteiger partial charge in [0.15, 0.2) is 0 Å². The summed E-state index contributed by atoms with van der Waals surface area (Å²) in [6, 6.07) is 6.93. The van der Waals surface area contributed by atoms with Crippen molar-refractivity contribution in [2.24, 2.45) is 5.92 Å². The highest BCUT2D eigenvalue weighted by Gasteiger charge is 2.07. The summed E-state index contributed by atoms with van der Waals surface area (Å²) in [5.41, 5.74) is 0.911. The zero-order chi connectivity index (χ0) is 12.7. The molecule has 1 unspecified atom stereocenters. The van der Waals surface area contributed by atoms with Crippen LogP contribution in [0.25, 0.3) is 0 Å². The summed E-state index contributed by atoms with van der Waals surface area (Å²) in [5.74, 6) is 1.03. The second-order valence-electron chi connectivity index (χ2n) is 4.19. The minimum Gasteiger partial charge on any atom is -0.492 e. The number of benzene rings is 1. The third-order valence-electron chi connectivity index (χ3n) is 2.56. The fourth-order valence-corrected chi connectivity index (χ4v) is 1.64. The summed E-state index contributed by atoms with van der Waals surface area (Å²) in [6.45, 7) is 4.86. The van der Waals surface area contributed by atoms with E-state index in [2.05, 4.69) is 13.8 Å². The van der Waals surface area contributed by atoms with Crippen molar-refractivity contribution in [2.45, 2.75) is 26.7 Å². The van der Waals surface area contributed by atoms with Crippen molar-refractivity contribution in [1.82, 2.24) is 0 Å². The molecule has 0 N–H and O–H groups in total. The largest absolute Gasteiger partial charge is 0.492 e. The van der Waals surface area contributed by atoms with E-state index in [0.29, 0.717) is 29.4 Å². The molecule has 0 spiro atoms. The van der Waals surface area contributed by atoms with Crippen molar-refractivity contribution in [3.63, 3.8) is 0 Å². The molecule has 0 radical (unpaired) electrons. The van der Waals surface area contributed by atoms with Crippen LogP contribution in [-0.4, -0.2) is 12.9 Å². The Hall–Kier alpha value is -1.82. The molecule has 1 atom stereocenters. The maximum Gasteiger partial charge on any atom is 0.150 e. The van der Waals surface area contributed by atoms with Gasteiger partial charge in [0.25, 0.3) is 0 Å². The first-order valence-corrected chi connectivity index (χ1v) is 5.83. The van der Waals surface area contributed by atoms with Gasteiger partial charge in [-0.25, -0.2) is 0 Å². The molecule has 3 heteroatoms. The van der Waals surface area contributed by atoms with Gasteiger partial charge in [-0.2, -0.15) is 5.26 Å². The van der Waals surface area contributed by atoms with Crippen LogP contribution in [0.2, 0.25) is 0 Å². The van der Waals surface area contributed by atoms with Gasteiger partial charge in [-0.3, -0.25) is 4.79 Å². The zero-order valence-electron chi connectivity index (χ0n) is 10.3. The molecule has 0 heterocycles. The molecule has 0 bridgehead atoms. The minimum absolute atomic E-state index is 0.415. The van der Waals surface area contributed by atoms with Crippen LogP contribution in [0.15, 0.2) is 18.2 Å². The minimum atomic E-state index is 0.415. The van der Waals surface area contributed by atoms with Crippen LogP contribution >= 0.6 is 0 Å². The maximum absolute atomic E-state index is 10.6. The first kappa shape index (κ1) is 13.2. The van der Waals surface area contributed by atoms with E-state index in [-0.39, 0.29) is 0 Å². The fraction of sp³-hybridized carbons (Fsp3) is 0.429. The number of nitriles is 1. The van der Waals surface area contributed by atoms with Crippen LogP contribution in [0.5, 0.6) is 5.75 Å². The topological polar surface area (TPSA) is 50.1 Å². The standard InChI is InChI=1S/C14H17NO2/c1-3-4-11(2)10-17-14-6-5-12(9-16)7-13(14)8-15/h5-7,9,11H,3-4,10H2,1-2H3. The molecule has 1 rings (SSSR count). The number of rotatable bonds is 6. The Morgan fingerprint density at radius 2 is 2.29 bits per heavy atom. The molecule has 3 nitrogen and oxygen atoms in total. The summed E-state index contributed by atoms with van der Waals surface area (Å²) in [5, 5.41) is 8.96. The third kappa shape index (κ3) is 3.92. The number of ether oxygens (including phenoxy) is 1. The Labute approximate surface area is 102 Å². The predicted octanol–water partition coefficient (Wildman–Crippen LogP) is 3.19. The first-order chi connectivity index (χ1) is 8.21. The molecule has 1 aromatic carbocycles. The molecule has 0 aliphatic carbocycles. The van der Waals surface area contributed by atoms with E-state index >= 15 is 0 Å². The molecule has 0 saturated carbocycles. The second-order valence-corrected chi connectivity index (χ2v) is 4.19. The van der Waals surface area contributed by atoms with E-state index in [9.17, 15) is 4.79 Å². The average molecular weight is 231 g/mol. The molecule has 0 aliphatic rings. The number of carbonyl (C=O) groups excluding carboxylic acids is 1. The lowest BCUT2D eigenvalue weighted by molar-refractivity contribution is 0.112. The maximum atomic E-state index is 10.6. The van der Waals surface area contributed by atoms with E-state index in [1.807, 2.05) is 6.07 Å². The lowest BCUT2D eigenvalue weighted by Crippen LogP contribution is -2.09. The normalized spacial score (nSPS) is 11.6. The highest BCUT2D eigenvalue weighted by atomic mass is 16.5. The van der Waals surface area contributed by atoms with Gasteiger partial charge in [0, 0.05) is 5.56 Å². The Balaban J connectivity index is 2.71. The highest BCUT2D eigenvalue weighted by Crippen LogP contribution is 2.20. The van der Waals surface area contributed by atoms with E-state index < -0.39 is 0 Å². The molecule has 0 aromatic heterocycles. The molecule has 90 valence electrons. The van der Waals surface area contributed by atoms with Crippen molar-refractivity contribution in [2.75, 3.05) is 6.61 Å². The van der Waals surface area contributed by atoms with E-state index in [1.165, 1.54) is 0 Å². The van der Waals surface area contributed by atoms with Crippen LogP contribution in [0.4, 0.5) is 0 Å². The van der Waals surface area contributed by atoms with E-state index in [0.717, 1.165) is 19.1 Å². The fourth-order valence-electron chi connectivity index (χ4n) is 1.64. The molecular weight excluding hydrogens is 214 g/mol. The Kier molecular flexibility index (Phi) is 5.22. The van der Waals surface area contributed by atoms with Crippen LogP contribution < -0.4 is 4.74 Å². The predicted molar refractivity (Wildman–Crippen MR) is 66.1 cm³/mol. The Morgan fingerprint density at radius 1 is 1.53 bits per heavy atom. The number of aldehydes is 1. The lowest BCUT2D eigenvalue weighted by atomic mass is 10.1. The van der Waals surface area contributed by atoms with E-state index in [1.54, 1.807) is 18.2 Å². The van der Waals surface area contributed by atoms with Gasteiger partial charge in [0.1, 0.15) is 18.1 Å². The Morgan fingerprint density at radius 3 is 2.88 bits per heavy atom. The lowest BCUT2D eigenvalue weighted by Gasteiger charge is -2.13.